The highest BCUT2D eigenvalue weighted by Crippen LogP contribution is 2.45. The van der Waals surface area contributed by atoms with Crippen molar-refractivity contribution in [2.24, 2.45) is 11.1 Å². The molecule has 4 aliphatic rings. The molecule has 2 aromatic rings. The summed E-state index contributed by atoms with van der Waals surface area (Å²) in [5, 5.41) is 9.79. The highest BCUT2D eigenvalue weighted by atomic mass is 32.2. The van der Waals surface area contributed by atoms with Gasteiger partial charge in [-0.25, -0.2) is 17.6 Å². The van der Waals surface area contributed by atoms with Crippen molar-refractivity contribution in [3.8, 4) is 5.69 Å². The zero-order valence-corrected chi connectivity index (χ0v) is 25.2. The molecule has 1 aromatic carbocycles. The van der Waals surface area contributed by atoms with Gasteiger partial charge in [-0.05, 0) is 74.5 Å². The van der Waals surface area contributed by atoms with Crippen LogP contribution in [0.25, 0.3) is 5.69 Å². The van der Waals surface area contributed by atoms with Crippen molar-refractivity contribution in [2.45, 2.75) is 82.2 Å². The van der Waals surface area contributed by atoms with Crippen molar-refractivity contribution in [1.82, 2.24) is 20.1 Å². The van der Waals surface area contributed by atoms with Gasteiger partial charge in [0.2, 0.25) is 0 Å². The number of nitrogens with zero attached hydrogens (tertiary/aromatic N) is 2. The zero-order valence-electron chi connectivity index (χ0n) is 24.4. The number of nitrogens with one attached hydrogen (secondary N) is 3. The fourth-order valence-corrected chi connectivity index (χ4v) is 9.80. The molecule has 0 spiro atoms. The van der Waals surface area contributed by atoms with Gasteiger partial charge in [0.15, 0.2) is 9.84 Å². The van der Waals surface area contributed by atoms with Crippen molar-refractivity contribution >= 4 is 27.5 Å². The second-order valence-electron chi connectivity index (χ2n) is 13.1. The molecule has 5 N–H and O–H groups in total. The molecule has 0 atom stereocenters. The topological polar surface area (TPSA) is 139 Å². The van der Waals surface area contributed by atoms with Crippen LogP contribution in [0, 0.1) is 11.2 Å². The number of carbonyl (C=O) groups is 2. The lowest BCUT2D eigenvalue weighted by Crippen LogP contribution is -2.53. The van der Waals surface area contributed by atoms with Crippen LogP contribution in [0.2, 0.25) is 0 Å². The average Bonchev–Trinajstić information content (AvgIpc) is 3.48. The van der Waals surface area contributed by atoms with E-state index < -0.39 is 27.0 Å². The number of fused-ring (bicyclic) bond motifs is 3. The fraction of sp³-hybridized carbons (Fsp3) is 0.600. The van der Waals surface area contributed by atoms with Crippen LogP contribution in [0.1, 0.15) is 73.3 Å². The van der Waals surface area contributed by atoms with E-state index in [1.807, 2.05) is 23.3 Å². The van der Waals surface area contributed by atoms with Crippen molar-refractivity contribution in [1.29, 1.82) is 0 Å². The van der Waals surface area contributed by atoms with Gasteiger partial charge >= 0.3 is 6.03 Å². The monoisotopic (exact) mass is 600 g/mol. The summed E-state index contributed by atoms with van der Waals surface area (Å²) in [4.78, 5) is 27.3. The zero-order chi connectivity index (χ0) is 29.8. The SMILES string of the molecule is CC1(C)Cc2c(c3c(n2-c2cc(F)c(C(N)=O)c(N[C@H]4CC[C@H](NC(=O)N5CCNCC5)CC4)c2)CCC3)S(=O)(=O)C1. The minimum atomic E-state index is -3.49. The largest absolute Gasteiger partial charge is 0.382 e. The maximum absolute atomic E-state index is 15.6. The summed E-state index contributed by atoms with van der Waals surface area (Å²) in [7, 11) is -3.49. The predicted molar refractivity (Wildman–Crippen MR) is 158 cm³/mol. The number of anilines is 1. The highest BCUT2D eigenvalue weighted by Gasteiger charge is 2.42. The fourth-order valence-electron chi connectivity index (χ4n) is 7.41. The van der Waals surface area contributed by atoms with Crippen LogP contribution in [0.15, 0.2) is 17.0 Å². The van der Waals surface area contributed by atoms with Crippen molar-refractivity contribution < 1.29 is 22.4 Å². The number of halogens is 1. The minimum absolute atomic E-state index is 0.0336. The van der Waals surface area contributed by atoms with E-state index in [0.717, 1.165) is 56.5 Å². The Morgan fingerprint density at radius 3 is 2.43 bits per heavy atom. The molecular formula is C30H41FN6O4S. The Labute approximate surface area is 246 Å². The average molecular weight is 601 g/mol. The number of nitrogens with two attached hydrogens (primary N) is 1. The quantitative estimate of drug-likeness (QED) is 0.417. The molecule has 42 heavy (non-hydrogen) atoms. The van der Waals surface area contributed by atoms with E-state index in [1.165, 1.54) is 6.07 Å². The van der Waals surface area contributed by atoms with Crippen LogP contribution in [0.5, 0.6) is 0 Å². The number of rotatable bonds is 5. The normalized spacial score (nSPS) is 24.5. The van der Waals surface area contributed by atoms with Gasteiger partial charge in [-0.1, -0.05) is 13.8 Å². The third-order valence-electron chi connectivity index (χ3n) is 9.20. The van der Waals surface area contributed by atoms with Crippen molar-refractivity contribution in [2.75, 3.05) is 37.2 Å². The third kappa shape index (κ3) is 5.39. The van der Waals surface area contributed by atoms with E-state index in [0.29, 0.717) is 54.3 Å². The molecule has 1 aromatic heterocycles. The minimum Gasteiger partial charge on any atom is -0.382 e. The Morgan fingerprint density at radius 2 is 1.74 bits per heavy atom. The van der Waals surface area contributed by atoms with Crippen LogP contribution in [0.4, 0.5) is 14.9 Å². The van der Waals surface area contributed by atoms with Gasteiger partial charge in [0.05, 0.1) is 27.6 Å². The van der Waals surface area contributed by atoms with Gasteiger partial charge in [0, 0.05) is 49.7 Å². The number of aromatic nitrogens is 1. The summed E-state index contributed by atoms with van der Waals surface area (Å²) in [5.41, 5.74) is 8.29. The maximum atomic E-state index is 15.6. The molecule has 1 saturated heterocycles. The number of primary amides is 1. The predicted octanol–water partition coefficient (Wildman–Crippen LogP) is 2.90. The van der Waals surface area contributed by atoms with Crippen LogP contribution in [0.3, 0.4) is 0 Å². The van der Waals surface area contributed by atoms with Gasteiger partial charge in [-0.3, -0.25) is 4.79 Å². The molecule has 228 valence electrons. The number of carbonyl (C=O) groups excluding carboxylic acids is 2. The summed E-state index contributed by atoms with van der Waals surface area (Å²) in [6.45, 7) is 6.87. The van der Waals surface area contributed by atoms with E-state index in [1.54, 1.807) is 6.07 Å². The number of piperazine rings is 1. The van der Waals surface area contributed by atoms with Gasteiger partial charge < -0.3 is 31.2 Å². The summed E-state index contributed by atoms with van der Waals surface area (Å²) in [5.74, 6) is -1.50. The second kappa shape index (κ2) is 10.9. The Balaban J connectivity index is 1.27. The first-order chi connectivity index (χ1) is 19.9. The molecule has 0 bridgehead atoms. The molecular weight excluding hydrogens is 559 g/mol. The molecule has 2 aliphatic carbocycles. The van der Waals surface area contributed by atoms with E-state index in [4.69, 9.17) is 5.73 Å². The Morgan fingerprint density at radius 1 is 1.05 bits per heavy atom. The molecule has 6 rings (SSSR count). The molecule has 0 radical (unpaired) electrons. The van der Waals surface area contributed by atoms with E-state index in [-0.39, 0.29) is 29.4 Å². The van der Waals surface area contributed by atoms with Crippen LogP contribution >= 0.6 is 0 Å². The number of sulfone groups is 1. The first-order valence-corrected chi connectivity index (χ1v) is 16.7. The number of hydrogen-bond donors (Lipinski definition) is 4. The maximum Gasteiger partial charge on any atom is 0.317 e. The summed E-state index contributed by atoms with van der Waals surface area (Å²) in [6, 6.07) is 3.04. The third-order valence-corrected chi connectivity index (χ3v) is 11.5. The Hall–Kier alpha value is -3.12. The lowest BCUT2D eigenvalue weighted by Gasteiger charge is -2.34. The molecule has 0 unspecified atom stereocenters. The van der Waals surface area contributed by atoms with Crippen molar-refractivity contribution in [3.63, 3.8) is 0 Å². The molecule has 3 amide bonds. The van der Waals surface area contributed by atoms with E-state index >= 15 is 4.39 Å². The number of hydrogen-bond acceptors (Lipinski definition) is 6. The van der Waals surface area contributed by atoms with Crippen LogP contribution in [-0.4, -0.2) is 73.8 Å². The lowest BCUT2D eigenvalue weighted by atomic mass is 9.89. The van der Waals surface area contributed by atoms with Gasteiger partial charge in [-0.15, -0.1) is 0 Å². The van der Waals surface area contributed by atoms with Crippen LogP contribution < -0.4 is 21.7 Å². The first-order valence-electron chi connectivity index (χ1n) is 15.1. The Kier molecular flexibility index (Phi) is 7.49. The molecule has 10 nitrogen and oxygen atoms in total. The van der Waals surface area contributed by atoms with Gasteiger partial charge in [-0.2, -0.15) is 0 Å². The second-order valence-corrected chi connectivity index (χ2v) is 15.0. The molecule has 3 heterocycles. The lowest BCUT2D eigenvalue weighted by molar-refractivity contribution is 0.0997. The molecule has 2 aliphatic heterocycles. The van der Waals surface area contributed by atoms with Crippen LogP contribution in [-0.2, 0) is 29.1 Å². The smallest absolute Gasteiger partial charge is 0.317 e. The molecule has 2 fully saturated rings. The summed E-state index contributed by atoms with van der Waals surface area (Å²) < 4.78 is 44.4. The summed E-state index contributed by atoms with van der Waals surface area (Å²) >= 11 is 0. The van der Waals surface area contributed by atoms with E-state index in [2.05, 4.69) is 16.0 Å². The summed E-state index contributed by atoms with van der Waals surface area (Å²) in [6.07, 6.45) is 5.78. The standard InChI is InChI=1S/C30H41FN6O4S/c1-30(2)16-25-27(42(40,41)17-30)21-4-3-5-24(21)37(25)20-14-22(31)26(28(32)38)23(15-20)34-18-6-8-19(9-7-18)35-29(39)36-12-10-33-11-13-36/h14-15,18-19,33-34H,3-13,16-17H2,1-2H3,(H2,32,38)(H,35,39)/t18-,19-. The molecule has 12 heteroatoms. The number of urea groups is 1. The number of amides is 3. The molecule has 1 saturated carbocycles. The highest BCUT2D eigenvalue weighted by molar-refractivity contribution is 7.91. The van der Waals surface area contributed by atoms with Gasteiger partial charge in [0.1, 0.15) is 5.82 Å². The van der Waals surface area contributed by atoms with E-state index in [9.17, 15) is 18.0 Å². The number of benzene rings is 1. The first kappa shape index (κ1) is 29.0. The van der Waals surface area contributed by atoms with Crippen molar-refractivity contribution in [3.05, 3.63) is 40.5 Å². The van der Waals surface area contributed by atoms with Gasteiger partial charge in [0.25, 0.3) is 5.91 Å². The Bertz CT molecular complexity index is 1520.